The highest BCUT2D eigenvalue weighted by atomic mass is 15.2. The highest BCUT2D eigenvalue weighted by Crippen LogP contribution is 2.32. The maximum absolute atomic E-state index is 6.17. The second kappa shape index (κ2) is 5.39. The van der Waals surface area contributed by atoms with Crippen LogP contribution in [0.3, 0.4) is 0 Å². The number of nitrogens with one attached hydrogen (secondary N) is 1. The lowest BCUT2D eigenvalue weighted by atomic mass is 9.87. The Morgan fingerprint density at radius 3 is 2.61 bits per heavy atom. The molecule has 1 fully saturated rings. The van der Waals surface area contributed by atoms with Crippen molar-refractivity contribution in [3.05, 3.63) is 11.6 Å². The van der Waals surface area contributed by atoms with Crippen molar-refractivity contribution in [1.82, 2.24) is 15.2 Å². The summed E-state index contributed by atoms with van der Waals surface area (Å²) in [5.41, 5.74) is 6.44. The van der Waals surface area contributed by atoms with Gasteiger partial charge in [0.2, 0.25) is 0 Å². The molecule has 2 rings (SSSR count). The fourth-order valence-electron chi connectivity index (χ4n) is 2.88. The Bertz CT molecular complexity index is 371. The fourth-order valence-corrected chi connectivity index (χ4v) is 2.88. The molecule has 0 saturated heterocycles. The van der Waals surface area contributed by atoms with Gasteiger partial charge in [0.15, 0.2) is 5.82 Å². The van der Waals surface area contributed by atoms with Crippen LogP contribution in [0.5, 0.6) is 0 Å². The summed E-state index contributed by atoms with van der Waals surface area (Å²) < 4.78 is 0. The second-order valence-electron chi connectivity index (χ2n) is 6.85. The summed E-state index contributed by atoms with van der Waals surface area (Å²) >= 11 is 0. The maximum Gasteiger partial charge on any atom is 0.153 e. The predicted octanol–water partition coefficient (Wildman–Crippen LogP) is 2.77. The predicted molar refractivity (Wildman–Crippen MR) is 73.3 cm³/mol. The van der Waals surface area contributed by atoms with Crippen molar-refractivity contribution in [1.29, 1.82) is 0 Å². The normalized spacial score (nSPS) is 19.3. The third kappa shape index (κ3) is 3.80. The molecule has 0 aliphatic heterocycles. The van der Waals surface area contributed by atoms with Crippen LogP contribution in [0.2, 0.25) is 0 Å². The Balaban J connectivity index is 1.90. The van der Waals surface area contributed by atoms with Crippen LogP contribution in [0.25, 0.3) is 0 Å². The van der Waals surface area contributed by atoms with Gasteiger partial charge in [0, 0.05) is 18.4 Å². The van der Waals surface area contributed by atoms with Gasteiger partial charge in [-0.15, -0.1) is 0 Å². The minimum Gasteiger partial charge on any atom is -0.327 e. The first kappa shape index (κ1) is 13.5. The second-order valence-corrected chi connectivity index (χ2v) is 6.85. The molecule has 1 unspecified atom stereocenters. The van der Waals surface area contributed by atoms with Crippen LogP contribution in [0.15, 0.2) is 0 Å². The maximum atomic E-state index is 6.17. The Labute approximate surface area is 110 Å². The number of rotatable bonds is 4. The number of nitrogens with two attached hydrogens (primary N) is 1. The number of H-pyrrole nitrogens is 1. The lowest BCUT2D eigenvalue weighted by molar-refractivity contribution is 0.336. The molecule has 0 spiro atoms. The number of hydrogen-bond acceptors (Lipinski definition) is 3. The SMILES string of the molecule is CC(C)(C)CC(N)Cc1nc(C2CCCC2)n[nH]1. The molecule has 4 heteroatoms. The van der Waals surface area contributed by atoms with Crippen LogP contribution in [0, 0.1) is 5.41 Å². The summed E-state index contributed by atoms with van der Waals surface area (Å²) in [6.45, 7) is 6.66. The molecule has 0 amide bonds. The lowest BCUT2D eigenvalue weighted by Crippen LogP contribution is -2.28. The van der Waals surface area contributed by atoms with Crippen LogP contribution < -0.4 is 5.73 Å². The van der Waals surface area contributed by atoms with Crippen LogP contribution in [-0.2, 0) is 6.42 Å². The van der Waals surface area contributed by atoms with Crippen molar-refractivity contribution >= 4 is 0 Å². The van der Waals surface area contributed by atoms with Gasteiger partial charge in [0.05, 0.1) is 0 Å². The molecule has 102 valence electrons. The van der Waals surface area contributed by atoms with E-state index >= 15 is 0 Å². The van der Waals surface area contributed by atoms with Crippen molar-refractivity contribution in [2.24, 2.45) is 11.1 Å². The van der Waals surface area contributed by atoms with Crippen molar-refractivity contribution in [2.45, 2.75) is 71.3 Å². The van der Waals surface area contributed by atoms with E-state index in [1.54, 1.807) is 0 Å². The first-order chi connectivity index (χ1) is 8.44. The van der Waals surface area contributed by atoms with Gasteiger partial charge in [-0.1, -0.05) is 33.6 Å². The molecule has 18 heavy (non-hydrogen) atoms. The smallest absolute Gasteiger partial charge is 0.153 e. The van der Waals surface area contributed by atoms with E-state index in [0.717, 1.165) is 24.5 Å². The molecule has 1 aromatic heterocycles. The molecule has 0 radical (unpaired) electrons. The van der Waals surface area contributed by atoms with E-state index in [4.69, 9.17) is 5.73 Å². The molecule has 1 atom stereocenters. The van der Waals surface area contributed by atoms with Gasteiger partial charge < -0.3 is 5.73 Å². The quantitative estimate of drug-likeness (QED) is 0.863. The van der Waals surface area contributed by atoms with E-state index in [9.17, 15) is 0 Å². The van der Waals surface area contributed by atoms with E-state index in [-0.39, 0.29) is 11.5 Å². The highest BCUT2D eigenvalue weighted by molar-refractivity contribution is 5.01. The molecule has 1 aromatic rings. The van der Waals surface area contributed by atoms with E-state index in [1.165, 1.54) is 25.7 Å². The monoisotopic (exact) mass is 250 g/mol. The van der Waals surface area contributed by atoms with Gasteiger partial charge in [0.1, 0.15) is 5.82 Å². The zero-order chi connectivity index (χ0) is 13.2. The summed E-state index contributed by atoms with van der Waals surface area (Å²) in [5, 5.41) is 7.41. The van der Waals surface area contributed by atoms with Crippen LogP contribution in [0.1, 0.15) is 70.4 Å². The largest absolute Gasteiger partial charge is 0.327 e. The Morgan fingerprint density at radius 2 is 2.00 bits per heavy atom. The number of nitrogens with zero attached hydrogens (tertiary/aromatic N) is 2. The lowest BCUT2D eigenvalue weighted by Gasteiger charge is -2.22. The summed E-state index contributed by atoms with van der Waals surface area (Å²) in [7, 11) is 0. The summed E-state index contributed by atoms with van der Waals surface area (Å²) in [4.78, 5) is 4.62. The van der Waals surface area contributed by atoms with Gasteiger partial charge in [0.25, 0.3) is 0 Å². The number of aromatic amines is 1. The first-order valence-corrected chi connectivity index (χ1v) is 7.11. The van der Waals surface area contributed by atoms with E-state index < -0.39 is 0 Å². The molecule has 0 bridgehead atoms. The van der Waals surface area contributed by atoms with Crippen LogP contribution >= 0.6 is 0 Å². The summed E-state index contributed by atoms with van der Waals surface area (Å²) in [5.74, 6) is 2.54. The van der Waals surface area contributed by atoms with Gasteiger partial charge in [-0.25, -0.2) is 4.98 Å². The zero-order valence-corrected chi connectivity index (χ0v) is 11.9. The molecule has 1 aliphatic carbocycles. The Hall–Kier alpha value is -0.900. The first-order valence-electron chi connectivity index (χ1n) is 7.11. The van der Waals surface area contributed by atoms with Gasteiger partial charge in [-0.3, -0.25) is 5.10 Å². The van der Waals surface area contributed by atoms with Crippen molar-refractivity contribution in [2.75, 3.05) is 0 Å². The summed E-state index contributed by atoms with van der Waals surface area (Å²) in [6, 6.07) is 0.161. The van der Waals surface area contributed by atoms with Gasteiger partial charge in [-0.05, 0) is 24.7 Å². The third-order valence-corrected chi connectivity index (χ3v) is 3.60. The molecule has 1 heterocycles. The van der Waals surface area contributed by atoms with E-state index in [2.05, 4.69) is 36.0 Å². The standard InChI is InChI=1S/C14H26N4/c1-14(2,3)9-11(15)8-12-16-13(18-17-12)10-6-4-5-7-10/h10-11H,4-9,15H2,1-3H3,(H,16,17,18). The molecule has 1 aliphatic rings. The molecular weight excluding hydrogens is 224 g/mol. The number of hydrogen-bond donors (Lipinski definition) is 2. The molecule has 3 N–H and O–H groups in total. The average molecular weight is 250 g/mol. The van der Waals surface area contributed by atoms with Crippen LogP contribution in [-0.4, -0.2) is 21.2 Å². The Kier molecular flexibility index (Phi) is 4.05. The topological polar surface area (TPSA) is 67.6 Å². The fraction of sp³-hybridized carbons (Fsp3) is 0.857. The van der Waals surface area contributed by atoms with Gasteiger partial charge >= 0.3 is 0 Å². The molecule has 1 saturated carbocycles. The number of aromatic nitrogens is 3. The third-order valence-electron chi connectivity index (χ3n) is 3.60. The minimum atomic E-state index is 0.161. The molecule has 0 aromatic carbocycles. The molecule has 4 nitrogen and oxygen atoms in total. The summed E-state index contributed by atoms with van der Waals surface area (Å²) in [6.07, 6.45) is 6.93. The van der Waals surface area contributed by atoms with Crippen molar-refractivity contribution in [3.8, 4) is 0 Å². The average Bonchev–Trinajstić information content (AvgIpc) is 2.82. The Morgan fingerprint density at radius 1 is 1.33 bits per heavy atom. The zero-order valence-electron chi connectivity index (χ0n) is 11.9. The van der Waals surface area contributed by atoms with E-state index in [1.807, 2.05) is 0 Å². The van der Waals surface area contributed by atoms with Crippen molar-refractivity contribution < 1.29 is 0 Å². The van der Waals surface area contributed by atoms with Gasteiger partial charge in [-0.2, -0.15) is 5.10 Å². The minimum absolute atomic E-state index is 0.161. The van der Waals surface area contributed by atoms with Crippen molar-refractivity contribution in [3.63, 3.8) is 0 Å². The van der Waals surface area contributed by atoms with E-state index in [0.29, 0.717) is 5.92 Å². The highest BCUT2D eigenvalue weighted by Gasteiger charge is 2.22. The molecular formula is C14H26N4. The van der Waals surface area contributed by atoms with Crippen LogP contribution in [0.4, 0.5) is 0 Å².